The van der Waals surface area contributed by atoms with Crippen LogP contribution in [0.1, 0.15) is 28.4 Å². The number of carbonyl (C=O) groups excluding carboxylic acids is 2. The van der Waals surface area contributed by atoms with Gasteiger partial charge in [0.2, 0.25) is 5.91 Å². The van der Waals surface area contributed by atoms with Gasteiger partial charge in [0.1, 0.15) is 5.75 Å². The quantitative estimate of drug-likeness (QED) is 0.360. The Kier molecular flexibility index (Phi) is 7.64. The molecular formula is C25H25N3O5. The van der Waals surface area contributed by atoms with Crippen LogP contribution in [0.15, 0.2) is 71.8 Å². The lowest BCUT2D eigenvalue weighted by molar-refractivity contribution is -0.115. The molecule has 8 heteroatoms. The fourth-order valence-corrected chi connectivity index (χ4v) is 3.01. The second-order valence-electron chi connectivity index (χ2n) is 7.18. The van der Waals surface area contributed by atoms with Gasteiger partial charge in [-0.05, 0) is 60.5 Å². The summed E-state index contributed by atoms with van der Waals surface area (Å²) in [4.78, 5) is 24.6. The summed E-state index contributed by atoms with van der Waals surface area (Å²) in [5.74, 6) is 0.327. The summed E-state index contributed by atoms with van der Waals surface area (Å²) in [7, 11) is 3.00. The zero-order chi connectivity index (χ0) is 23.8. The van der Waals surface area contributed by atoms with Crippen molar-refractivity contribution >= 4 is 23.2 Å². The number of methoxy groups -OCH3 is 2. The number of phenols is 1. The van der Waals surface area contributed by atoms with Gasteiger partial charge in [-0.15, -0.1) is 0 Å². The van der Waals surface area contributed by atoms with Gasteiger partial charge in [-0.3, -0.25) is 9.59 Å². The lowest BCUT2D eigenvalue weighted by Crippen LogP contribution is -2.19. The first-order valence-corrected chi connectivity index (χ1v) is 10.1. The maximum atomic E-state index is 12.3. The number of carbonyl (C=O) groups is 2. The molecule has 0 aliphatic carbocycles. The van der Waals surface area contributed by atoms with E-state index < -0.39 is 5.91 Å². The van der Waals surface area contributed by atoms with E-state index in [9.17, 15) is 14.7 Å². The molecule has 33 heavy (non-hydrogen) atoms. The van der Waals surface area contributed by atoms with E-state index in [-0.39, 0.29) is 23.8 Å². The van der Waals surface area contributed by atoms with E-state index >= 15 is 0 Å². The number of benzene rings is 3. The van der Waals surface area contributed by atoms with Crippen LogP contribution in [0.4, 0.5) is 5.69 Å². The van der Waals surface area contributed by atoms with E-state index in [1.165, 1.54) is 25.3 Å². The molecule has 0 aliphatic rings. The van der Waals surface area contributed by atoms with E-state index in [4.69, 9.17) is 9.47 Å². The molecule has 0 atom stereocenters. The van der Waals surface area contributed by atoms with Crippen molar-refractivity contribution in [2.75, 3.05) is 19.5 Å². The Morgan fingerprint density at radius 1 is 0.909 bits per heavy atom. The minimum atomic E-state index is -0.435. The molecule has 3 aromatic carbocycles. The summed E-state index contributed by atoms with van der Waals surface area (Å²) in [6, 6.07) is 18.8. The predicted octanol–water partition coefficient (Wildman–Crippen LogP) is 3.74. The fraction of sp³-hybridized carbons (Fsp3) is 0.160. The molecule has 3 rings (SSSR count). The molecule has 0 aromatic heterocycles. The molecule has 0 radical (unpaired) electrons. The number of hydrogen-bond acceptors (Lipinski definition) is 6. The van der Waals surface area contributed by atoms with Crippen LogP contribution in [0.3, 0.4) is 0 Å². The Bertz CT molecular complexity index is 1160. The molecule has 0 heterocycles. The van der Waals surface area contributed by atoms with Crippen LogP contribution in [0.2, 0.25) is 0 Å². The Morgan fingerprint density at radius 3 is 2.21 bits per heavy atom. The molecule has 0 saturated carbocycles. The molecule has 3 aromatic rings. The van der Waals surface area contributed by atoms with Crippen LogP contribution in [0.25, 0.3) is 0 Å². The SMILES string of the molecule is COc1ccc(CC(=O)Nc2ccc(C(C)=NNC(=O)c3ccc(O)c(OC)c3)cc2)cc1. The third-order valence-corrected chi connectivity index (χ3v) is 4.88. The summed E-state index contributed by atoms with van der Waals surface area (Å²) < 4.78 is 10.1. The van der Waals surface area contributed by atoms with E-state index in [0.29, 0.717) is 17.0 Å². The fourth-order valence-electron chi connectivity index (χ4n) is 3.01. The molecule has 0 spiro atoms. The minimum Gasteiger partial charge on any atom is -0.504 e. The Morgan fingerprint density at radius 2 is 1.58 bits per heavy atom. The van der Waals surface area contributed by atoms with Crippen LogP contribution in [0, 0.1) is 0 Å². The van der Waals surface area contributed by atoms with Gasteiger partial charge in [0.05, 0.1) is 26.4 Å². The third-order valence-electron chi connectivity index (χ3n) is 4.88. The molecule has 8 nitrogen and oxygen atoms in total. The number of nitrogens with zero attached hydrogens (tertiary/aromatic N) is 1. The van der Waals surface area contributed by atoms with Crippen molar-refractivity contribution in [3.8, 4) is 17.2 Å². The number of anilines is 1. The average Bonchev–Trinajstić information content (AvgIpc) is 2.83. The van der Waals surface area contributed by atoms with E-state index in [1.807, 2.05) is 24.3 Å². The average molecular weight is 447 g/mol. The first-order valence-electron chi connectivity index (χ1n) is 10.1. The highest BCUT2D eigenvalue weighted by molar-refractivity contribution is 6.01. The summed E-state index contributed by atoms with van der Waals surface area (Å²) in [6.07, 6.45) is 0.250. The van der Waals surface area contributed by atoms with Crippen LogP contribution in [-0.4, -0.2) is 36.9 Å². The predicted molar refractivity (Wildman–Crippen MR) is 126 cm³/mol. The third kappa shape index (κ3) is 6.33. The first-order chi connectivity index (χ1) is 15.9. The molecule has 0 unspecified atom stereocenters. The number of phenolic OH excluding ortho intramolecular Hbond substituents is 1. The zero-order valence-corrected chi connectivity index (χ0v) is 18.6. The van der Waals surface area contributed by atoms with Crippen molar-refractivity contribution in [1.82, 2.24) is 5.43 Å². The summed E-state index contributed by atoms with van der Waals surface area (Å²) >= 11 is 0. The van der Waals surface area contributed by atoms with Crippen molar-refractivity contribution < 1.29 is 24.2 Å². The maximum Gasteiger partial charge on any atom is 0.271 e. The van der Waals surface area contributed by atoms with Crippen molar-refractivity contribution in [3.63, 3.8) is 0 Å². The van der Waals surface area contributed by atoms with E-state index in [0.717, 1.165) is 16.9 Å². The molecule has 2 amide bonds. The van der Waals surface area contributed by atoms with Gasteiger partial charge in [-0.25, -0.2) is 5.43 Å². The van der Waals surface area contributed by atoms with Crippen LogP contribution in [0.5, 0.6) is 17.2 Å². The van der Waals surface area contributed by atoms with Gasteiger partial charge >= 0.3 is 0 Å². The number of nitrogens with one attached hydrogen (secondary N) is 2. The van der Waals surface area contributed by atoms with Gasteiger partial charge < -0.3 is 19.9 Å². The van der Waals surface area contributed by atoms with Crippen molar-refractivity contribution in [1.29, 1.82) is 0 Å². The second kappa shape index (κ2) is 10.8. The largest absolute Gasteiger partial charge is 0.504 e. The number of amides is 2. The van der Waals surface area contributed by atoms with E-state index in [1.54, 1.807) is 38.3 Å². The smallest absolute Gasteiger partial charge is 0.271 e. The van der Waals surface area contributed by atoms with Crippen LogP contribution in [-0.2, 0) is 11.2 Å². The summed E-state index contributed by atoms with van der Waals surface area (Å²) in [5, 5.41) is 16.6. The highest BCUT2D eigenvalue weighted by Crippen LogP contribution is 2.26. The Labute approximate surface area is 191 Å². The topological polar surface area (TPSA) is 109 Å². The van der Waals surface area contributed by atoms with Gasteiger partial charge in [-0.1, -0.05) is 24.3 Å². The molecule has 3 N–H and O–H groups in total. The Balaban J connectivity index is 1.57. The lowest BCUT2D eigenvalue weighted by Gasteiger charge is -2.08. The van der Waals surface area contributed by atoms with Crippen molar-refractivity contribution in [3.05, 3.63) is 83.4 Å². The minimum absolute atomic E-state index is 0.0510. The van der Waals surface area contributed by atoms with Crippen LogP contribution >= 0.6 is 0 Å². The molecule has 170 valence electrons. The monoisotopic (exact) mass is 447 g/mol. The second-order valence-corrected chi connectivity index (χ2v) is 7.18. The van der Waals surface area contributed by atoms with Gasteiger partial charge in [-0.2, -0.15) is 5.10 Å². The zero-order valence-electron chi connectivity index (χ0n) is 18.6. The Hall–Kier alpha value is -4.33. The maximum absolute atomic E-state index is 12.3. The normalized spacial score (nSPS) is 10.9. The molecule has 0 fully saturated rings. The summed E-state index contributed by atoms with van der Waals surface area (Å²) in [6.45, 7) is 1.76. The van der Waals surface area contributed by atoms with Gasteiger partial charge in [0.15, 0.2) is 11.5 Å². The van der Waals surface area contributed by atoms with Crippen LogP contribution < -0.4 is 20.2 Å². The number of ether oxygens (including phenoxy) is 2. The molecule has 0 saturated heterocycles. The molecule has 0 bridgehead atoms. The lowest BCUT2D eigenvalue weighted by atomic mass is 10.1. The van der Waals surface area contributed by atoms with Gasteiger partial charge in [0, 0.05) is 11.3 Å². The number of hydrogen-bond donors (Lipinski definition) is 3. The standard InChI is InChI=1S/C25H25N3O5/c1-16(27-28-25(31)19-8-13-22(29)23(15-19)33-3)18-6-9-20(10-7-18)26-24(30)14-17-4-11-21(32-2)12-5-17/h4-13,15,29H,14H2,1-3H3,(H,26,30)(H,28,31). The molecular weight excluding hydrogens is 422 g/mol. The van der Waals surface area contributed by atoms with E-state index in [2.05, 4.69) is 15.8 Å². The van der Waals surface area contributed by atoms with Crippen molar-refractivity contribution in [2.45, 2.75) is 13.3 Å². The highest BCUT2D eigenvalue weighted by atomic mass is 16.5. The first kappa shape index (κ1) is 23.3. The van der Waals surface area contributed by atoms with Gasteiger partial charge in [0.25, 0.3) is 5.91 Å². The summed E-state index contributed by atoms with van der Waals surface area (Å²) in [5.41, 5.74) is 5.70. The molecule has 0 aliphatic heterocycles. The van der Waals surface area contributed by atoms with Crippen molar-refractivity contribution in [2.24, 2.45) is 5.10 Å². The highest BCUT2D eigenvalue weighted by Gasteiger charge is 2.10. The number of hydrazone groups is 1. The number of rotatable bonds is 8. The number of aromatic hydroxyl groups is 1.